The molecule has 0 radical (unpaired) electrons. The molecule has 0 saturated carbocycles. The second-order valence-corrected chi connectivity index (χ2v) is 9.00. The molecule has 0 saturated heterocycles. The second-order valence-electron chi connectivity index (χ2n) is 9.00. The van der Waals surface area contributed by atoms with E-state index in [-0.39, 0.29) is 24.0 Å². The molecule has 0 aromatic carbocycles. The molecule has 4 rings (SSSR count). The number of carbonyl (C=O) groups is 2. The zero-order valence-corrected chi connectivity index (χ0v) is 17.6. The Labute approximate surface area is 170 Å². The number of carbonyl (C=O) groups excluding carboxylic acids is 2. The molecule has 0 bridgehead atoms. The summed E-state index contributed by atoms with van der Waals surface area (Å²) in [6.07, 6.45) is 2.02. The van der Waals surface area contributed by atoms with Crippen molar-refractivity contribution in [2.75, 3.05) is 13.6 Å². The van der Waals surface area contributed by atoms with Gasteiger partial charge in [0.1, 0.15) is 11.3 Å². The van der Waals surface area contributed by atoms with Crippen molar-refractivity contribution in [2.24, 2.45) is 0 Å². The van der Waals surface area contributed by atoms with E-state index in [0.29, 0.717) is 31.7 Å². The first-order valence-corrected chi connectivity index (χ1v) is 9.97. The second kappa shape index (κ2) is 6.89. The number of aromatic nitrogens is 4. The molecular formula is C20H28N6O3. The summed E-state index contributed by atoms with van der Waals surface area (Å²) in [4.78, 5) is 29.3. The maximum Gasteiger partial charge on any atom is 0.410 e. The van der Waals surface area contributed by atoms with Crippen LogP contribution in [0.25, 0.3) is 0 Å². The van der Waals surface area contributed by atoms with Crippen molar-refractivity contribution < 1.29 is 14.3 Å². The third-order valence-corrected chi connectivity index (χ3v) is 5.49. The SMILES string of the molecule is C[C@@H]1Cc2nn3c(c2CN1C(=O)OC(C)(C)C)C(=O)N(C)C[C@@H](c1cc[nH]n1)C3. The zero-order chi connectivity index (χ0) is 20.9. The van der Waals surface area contributed by atoms with E-state index in [0.717, 1.165) is 17.0 Å². The lowest BCUT2D eigenvalue weighted by atomic mass is 9.99. The Bertz CT molecular complexity index is 927. The minimum absolute atomic E-state index is 0.0496. The van der Waals surface area contributed by atoms with E-state index in [1.807, 2.05) is 33.8 Å². The molecule has 2 amide bonds. The van der Waals surface area contributed by atoms with Crippen molar-refractivity contribution in [3.63, 3.8) is 0 Å². The van der Waals surface area contributed by atoms with Crippen LogP contribution in [0.4, 0.5) is 4.79 Å². The van der Waals surface area contributed by atoms with Crippen molar-refractivity contribution in [3.8, 4) is 0 Å². The lowest BCUT2D eigenvalue weighted by Crippen LogP contribution is -2.45. The van der Waals surface area contributed by atoms with Gasteiger partial charge in [0.25, 0.3) is 5.91 Å². The molecule has 0 unspecified atom stereocenters. The van der Waals surface area contributed by atoms with Crippen LogP contribution < -0.4 is 0 Å². The number of amides is 2. The topological polar surface area (TPSA) is 96.4 Å². The van der Waals surface area contributed by atoms with Crippen molar-refractivity contribution in [1.82, 2.24) is 29.8 Å². The molecule has 0 fully saturated rings. The smallest absolute Gasteiger partial charge is 0.410 e. The van der Waals surface area contributed by atoms with Crippen molar-refractivity contribution >= 4 is 12.0 Å². The van der Waals surface area contributed by atoms with E-state index >= 15 is 0 Å². The van der Waals surface area contributed by atoms with Crippen LogP contribution in [-0.4, -0.2) is 67.0 Å². The first kappa shape index (κ1) is 19.5. The molecule has 0 spiro atoms. The van der Waals surface area contributed by atoms with E-state index in [9.17, 15) is 9.59 Å². The van der Waals surface area contributed by atoms with Crippen molar-refractivity contribution in [1.29, 1.82) is 0 Å². The van der Waals surface area contributed by atoms with Crippen LogP contribution in [0.15, 0.2) is 12.3 Å². The van der Waals surface area contributed by atoms with Crippen LogP contribution in [0.2, 0.25) is 0 Å². The van der Waals surface area contributed by atoms with Crippen LogP contribution in [0.5, 0.6) is 0 Å². The average Bonchev–Trinajstić information content (AvgIpc) is 3.23. The molecule has 0 aliphatic carbocycles. The Morgan fingerprint density at radius 3 is 2.72 bits per heavy atom. The monoisotopic (exact) mass is 400 g/mol. The van der Waals surface area contributed by atoms with Crippen LogP contribution >= 0.6 is 0 Å². The molecule has 2 aromatic rings. The fraction of sp³-hybridized carbons (Fsp3) is 0.600. The summed E-state index contributed by atoms with van der Waals surface area (Å²) in [7, 11) is 1.80. The summed E-state index contributed by atoms with van der Waals surface area (Å²) in [5.74, 6) is -0.0207. The Hall–Kier alpha value is -2.84. The van der Waals surface area contributed by atoms with Gasteiger partial charge in [-0.1, -0.05) is 0 Å². The Balaban J connectivity index is 1.68. The average molecular weight is 400 g/mol. The summed E-state index contributed by atoms with van der Waals surface area (Å²) >= 11 is 0. The molecule has 29 heavy (non-hydrogen) atoms. The van der Waals surface area contributed by atoms with Gasteiger partial charge in [-0.15, -0.1) is 0 Å². The fourth-order valence-corrected chi connectivity index (χ4v) is 4.08. The van der Waals surface area contributed by atoms with Crippen LogP contribution in [-0.2, 0) is 24.2 Å². The number of rotatable bonds is 1. The van der Waals surface area contributed by atoms with Gasteiger partial charge in [0.15, 0.2) is 0 Å². The molecule has 2 aliphatic heterocycles. The first-order valence-electron chi connectivity index (χ1n) is 9.97. The highest BCUT2D eigenvalue weighted by Gasteiger charge is 2.38. The number of fused-ring (bicyclic) bond motifs is 3. The number of nitrogens with zero attached hydrogens (tertiary/aromatic N) is 5. The molecule has 4 heterocycles. The Morgan fingerprint density at radius 2 is 2.07 bits per heavy atom. The highest BCUT2D eigenvalue weighted by Crippen LogP contribution is 2.31. The number of nitrogens with one attached hydrogen (secondary N) is 1. The number of hydrogen-bond acceptors (Lipinski definition) is 5. The minimum Gasteiger partial charge on any atom is -0.444 e. The molecule has 2 aromatic heterocycles. The molecule has 156 valence electrons. The molecule has 2 atom stereocenters. The van der Waals surface area contributed by atoms with Gasteiger partial charge in [-0.05, 0) is 33.8 Å². The summed E-state index contributed by atoms with van der Waals surface area (Å²) in [5, 5.41) is 11.9. The molecule has 9 heteroatoms. The van der Waals surface area contributed by atoms with Gasteiger partial charge in [-0.3, -0.25) is 14.6 Å². The third-order valence-electron chi connectivity index (χ3n) is 5.49. The number of hydrogen-bond donors (Lipinski definition) is 1. The maximum absolute atomic E-state index is 13.2. The number of likely N-dealkylation sites (N-methyl/N-ethyl adjacent to an activating group) is 1. The molecule has 1 N–H and O–H groups in total. The predicted octanol–water partition coefficient (Wildman–Crippen LogP) is 2.16. The molecular weight excluding hydrogens is 372 g/mol. The van der Waals surface area contributed by atoms with Gasteiger partial charge < -0.3 is 14.5 Å². The Morgan fingerprint density at radius 1 is 1.31 bits per heavy atom. The van der Waals surface area contributed by atoms with Gasteiger partial charge >= 0.3 is 6.09 Å². The highest BCUT2D eigenvalue weighted by molar-refractivity contribution is 5.94. The number of ether oxygens (including phenoxy) is 1. The molecule has 2 aliphatic rings. The van der Waals surface area contributed by atoms with Crippen LogP contribution in [0.3, 0.4) is 0 Å². The summed E-state index contributed by atoms with van der Waals surface area (Å²) in [6, 6.07) is 1.88. The minimum atomic E-state index is -0.570. The van der Waals surface area contributed by atoms with Crippen LogP contribution in [0, 0.1) is 0 Å². The van der Waals surface area contributed by atoms with E-state index in [4.69, 9.17) is 9.84 Å². The van der Waals surface area contributed by atoms with Crippen molar-refractivity contribution in [3.05, 3.63) is 34.9 Å². The van der Waals surface area contributed by atoms with Crippen molar-refractivity contribution in [2.45, 2.75) is 64.8 Å². The predicted molar refractivity (Wildman–Crippen MR) is 105 cm³/mol. The Kier molecular flexibility index (Phi) is 4.63. The number of H-pyrrole nitrogens is 1. The lowest BCUT2D eigenvalue weighted by molar-refractivity contribution is 0.0136. The van der Waals surface area contributed by atoms with E-state index in [1.165, 1.54) is 0 Å². The van der Waals surface area contributed by atoms with E-state index in [2.05, 4.69) is 10.2 Å². The normalized spacial score (nSPS) is 22.2. The fourth-order valence-electron chi connectivity index (χ4n) is 4.08. The van der Waals surface area contributed by atoms with Gasteiger partial charge in [0.05, 0.1) is 24.5 Å². The quantitative estimate of drug-likeness (QED) is 0.791. The highest BCUT2D eigenvalue weighted by atomic mass is 16.6. The van der Waals surface area contributed by atoms with E-state index < -0.39 is 5.60 Å². The zero-order valence-electron chi connectivity index (χ0n) is 17.6. The van der Waals surface area contributed by atoms with Crippen LogP contribution in [0.1, 0.15) is 61.1 Å². The summed E-state index contributed by atoms with van der Waals surface area (Å²) in [6.45, 7) is 9.00. The van der Waals surface area contributed by atoms with Gasteiger partial charge in [-0.25, -0.2) is 4.79 Å². The maximum atomic E-state index is 13.2. The third kappa shape index (κ3) is 3.61. The molecule has 9 nitrogen and oxygen atoms in total. The van der Waals surface area contributed by atoms with E-state index in [1.54, 1.807) is 27.7 Å². The standard InChI is InChI=1S/C20H28N6O3/c1-12-8-16-14(11-25(12)19(28)29-20(2,3)4)17-18(27)24(5)9-13(10-26(17)23-16)15-6-7-21-22-15/h6-7,12-13H,8-11H2,1-5H3,(H,21,22)/t12-,13-/m1/s1. The summed E-state index contributed by atoms with van der Waals surface area (Å²) in [5.41, 5.74) is 2.63. The summed E-state index contributed by atoms with van der Waals surface area (Å²) < 4.78 is 7.38. The van der Waals surface area contributed by atoms with Gasteiger partial charge in [-0.2, -0.15) is 10.2 Å². The lowest BCUT2D eigenvalue weighted by Gasteiger charge is -2.34. The first-order chi connectivity index (χ1) is 13.6. The largest absolute Gasteiger partial charge is 0.444 e. The van der Waals surface area contributed by atoms with Gasteiger partial charge in [0.2, 0.25) is 0 Å². The number of aromatic amines is 1. The van der Waals surface area contributed by atoms with Gasteiger partial charge in [0, 0.05) is 43.7 Å².